The number of para-hydroxylation sites is 1. The Balaban J connectivity index is 1.39. The van der Waals surface area contributed by atoms with Gasteiger partial charge in [0.1, 0.15) is 17.2 Å². The van der Waals surface area contributed by atoms with Crippen molar-refractivity contribution < 1.29 is 9.15 Å². The van der Waals surface area contributed by atoms with E-state index in [0.717, 1.165) is 35.1 Å². The van der Waals surface area contributed by atoms with E-state index in [9.17, 15) is 0 Å². The molecule has 2 N–H and O–H groups in total. The highest BCUT2D eigenvalue weighted by molar-refractivity contribution is 5.56. The first kappa shape index (κ1) is 16.9. The molecule has 1 saturated carbocycles. The summed E-state index contributed by atoms with van der Waals surface area (Å²) in [6.07, 6.45) is 7.12. The number of hydrogen-bond donors (Lipinski definition) is 2. The lowest BCUT2D eigenvalue weighted by atomic mass is 10.1. The normalized spacial score (nSPS) is 14.8. The lowest BCUT2D eigenvalue weighted by Gasteiger charge is -2.16. The number of hydrogen-bond acceptors (Lipinski definition) is 4. The number of nitrogens with one attached hydrogen (secondary N) is 2. The van der Waals surface area contributed by atoms with Crippen molar-refractivity contribution in [3.63, 3.8) is 0 Å². The first-order chi connectivity index (χ1) is 12.8. The van der Waals surface area contributed by atoms with Gasteiger partial charge in [-0.25, -0.2) is 0 Å². The maximum absolute atomic E-state index is 6.22. The molecule has 2 aromatic heterocycles. The number of furan rings is 1. The third kappa shape index (κ3) is 3.83. The molecular formula is C21H25N3O2. The Morgan fingerprint density at radius 3 is 2.73 bits per heavy atom. The summed E-state index contributed by atoms with van der Waals surface area (Å²) in [7, 11) is 0. The molecule has 26 heavy (non-hydrogen) atoms. The van der Waals surface area contributed by atoms with Crippen molar-refractivity contribution in [1.29, 1.82) is 0 Å². The second-order valence-electron chi connectivity index (χ2n) is 6.92. The highest BCUT2D eigenvalue weighted by Gasteiger charge is 2.18. The van der Waals surface area contributed by atoms with Crippen molar-refractivity contribution in [3.8, 4) is 17.2 Å². The molecule has 3 aromatic rings. The first-order valence-corrected chi connectivity index (χ1v) is 9.34. The van der Waals surface area contributed by atoms with Crippen LogP contribution in [-0.2, 0) is 13.1 Å². The molecule has 5 heteroatoms. The zero-order valence-electron chi connectivity index (χ0n) is 15.1. The Bertz CT molecular complexity index is 846. The summed E-state index contributed by atoms with van der Waals surface area (Å²) in [4.78, 5) is 0. The predicted octanol–water partition coefficient (Wildman–Crippen LogP) is 4.59. The van der Waals surface area contributed by atoms with Crippen LogP contribution >= 0.6 is 0 Å². The lowest BCUT2D eigenvalue weighted by Crippen LogP contribution is -2.16. The van der Waals surface area contributed by atoms with E-state index in [-0.39, 0.29) is 0 Å². The minimum atomic E-state index is 0.374. The van der Waals surface area contributed by atoms with Crippen LogP contribution in [0.5, 0.6) is 5.75 Å². The van der Waals surface area contributed by atoms with Gasteiger partial charge in [-0.3, -0.25) is 5.10 Å². The van der Waals surface area contributed by atoms with Crippen LogP contribution in [0.25, 0.3) is 11.5 Å². The molecule has 2 heterocycles. The molecule has 0 radical (unpaired) electrons. The summed E-state index contributed by atoms with van der Waals surface area (Å²) < 4.78 is 11.9. The van der Waals surface area contributed by atoms with Gasteiger partial charge >= 0.3 is 0 Å². The van der Waals surface area contributed by atoms with Crippen molar-refractivity contribution in [2.75, 3.05) is 0 Å². The minimum absolute atomic E-state index is 0.374. The molecule has 0 unspecified atom stereocenters. The summed E-state index contributed by atoms with van der Waals surface area (Å²) in [5.74, 6) is 2.72. The van der Waals surface area contributed by atoms with Gasteiger partial charge in [0.05, 0.1) is 12.3 Å². The molecule has 0 atom stereocenters. The third-order valence-electron chi connectivity index (χ3n) is 4.90. The van der Waals surface area contributed by atoms with Gasteiger partial charge in [0.2, 0.25) is 0 Å². The number of rotatable bonds is 7. The molecule has 0 aliphatic heterocycles. The van der Waals surface area contributed by atoms with Crippen LogP contribution in [0.4, 0.5) is 0 Å². The summed E-state index contributed by atoms with van der Waals surface area (Å²) in [6.45, 7) is 3.41. The molecule has 1 fully saturated rings. The van der Waals surface area contributed by atoms with E-state index in [1.54, 1.807) is 0 Å². The number of aryl methyl sites for hydroxylation is 1. The van der Waals surface area contributed by atoms with Crippen LogP contribution in [0, 0.1) is 6.92 Å². The third-order valence-corrected chi connectivity index (χ3v) is 4.90. The zero-order valence-corrected chi connectivity index (χ0v) is 15.1. The maximum atomic E-state index is 6.22. The monoisotopic (exact) mass is 351 g/mol. The Hall–Kier alpha value is -2.53. The molecule has 4 rings (SSSR count). The van der Waals surface area contributed by atoms with E-state index in [1.165, 1.54) is 31.2 Å². The fourth-order valence-electron chi connectivity index (χ4n) is 3.51. The van der Waals surface area contributed by atoms with Crippen LogP contribution in [0.1, 0.15) is 42.6 Å². The maximum Gasteiger partial charge on any atom is 0.152 e. The lowest BCUT2D eigenvalue weighted by molar-refractivity contribution is 0.207. The first-order valence-electron chi connectivity index (χ1n) is 9.34. The molecule has 0 amide bonds. The molecular weight excluding hydrogens is 326 g/mol. The number of benzene rings is 1. The van der Waals surface area contributed by atoms with Crippen LogP contribution in [0.3, 0.4) is 0 Å². The van der Waals surface area contributed by atoms with Gasteiger partial charge < -0.3 is 14.5 Å². The van der Waals surface area contributed by atoms with E-state index < -0.39 is 0 Å². The fourth-order valence-corrected chi connectivity index (χ4v) is 3.51. The largest absolute Gasteiger partial charge is 0.490 e. The Kier molecular flexibility index (Phi) is 5.07. The van der Waals surface area contributed by atoms with E-state index in [0.29, 0.717) is 12.6 Å². The smallest absolute Gasteiger partial charge is 0.152 e. The molecule has 5 nitrogen and oxygen atoms in total. The van der Waals surface area contributed by atoms with E-state index >= 15 is 0 Å². The molecule has 0 saturated heterocycles. The van der Waals surface area contributed by atoms with Crippen molar-refractivity contribution >= 4 is 0 Å². The van der Waals surface area contributed by atoms with Crippen LogP contribution in [0.15, 0.2) is 47.0 Å². The summed E-state index contributed by atoms with van der Waals surface area (Å²) in [5, 5.41) is 10.7. The number of aromatic amines is 1. The van der Waals surface area contributed by atoms with Crippen LogP contribution in [-0.4, -0.2) is 16.3 Å². The van der Waals surface area contributed by atoms with E-state index in [4.69, 9.17) is 9.15 Å². The predicted molar refractivity (Wildman–Crippen MR) is 101 cm³/mol. The zero-order chi connectivity index (χ0) is 17.8. The summed E-state index contributed by atoms with van der Waals surface area (Å²) in [5.41, 5.74) is 3.22. The summed E-state index contributed by atoms with van der Waals surface area (Å²) >= 11 is 0. The van der Waals surface area contributed by atoms with Gasteiger partial charge in [-0.05, 0) is 50.8 Å². The molecule has 136 valence electrons. The van der Waals surface area contributed by atoms with Crippen molar-refractivity contribution in [3.05, 3.63) is 59.5 Å². The van der Waals surface area contributed by atoms with Crippen molar-refractivity contribution in [2.24, 2.45) is 0 Å². The Labute approximate surface area is 153 Å². The molecule has 1 aliphatic carbocycles. The number of H-pyrrole nitrogens is 1. The Morgan fingerprint density at radius 1 is 1.12 bits per heavy atom. The van der Waals surface area contributed by atoms with Gasteiger partial charge in [-0.1, -0.05) is 18.2 Å². The number of nitrogens with zero attached hydrogens (tertiary/aromatic N) is 1. The minimum Gasteiger partial charge on any atom is -0.490 e. The number of aromatic nitrogens is 2. The standard InChI is InChI=1S/C21H25N3O2/c1-15-10-11-20(25-15)21-17(14-23-24-21)13-22-12-16-6-2-5-9-19(16)26-18-7-3-4-8-18/h2,5-6,9-11,14,18,22H,3-4,7-8,12-13H2,1H3,(H,23,24). The quantitative estimate of drug-likeness (QED) is 0.653. The highest BCUT2D eigenvalue weighted by Crippen LogP contribution is 2.27. The van der Waals surface area contributed by atoms with Crippen molar-refractivity contribution in [2.45, 2.75) is 51.8 Å². The van der Waals surface area contributed by atoms with E-state index in [2.05, 4.69) is 33.7 Å². The van der Waals surface area contributed by atoms with Gasteiger partial charge in [0.15, 0.2) is 5.76 Å². The summed E-state index contributed by atoms with van der Waals surface area (Å²) in [6, 6.07) is 12.2. The van der Waals surface area contributed by atoms with Gasteiger partial charge in [0.25, 0.3) is 0 Å². The molecule has 0 spiro atoms. The molecule has 0 bridgehead atoms. The second kappa shape index (κ2) is 7.79. The van der Waals surface area contributed by atoms with Crippen LogP contribution < -0.4 is 10.1 Å². The highest BCUT2D eigenvalue weighted by atomic mass is 16.5. The topological polar surface area (TPSA) is 63.1 Å². The average Bonchev–Trinajstić information content (AvgIpc) is 3.38. The molecule has 1 aliphatic rings. The Morgan fingerprint density at radius 2 is 1.92 bits per heavy atom. The van der Waals surface area contributed by atoms with Crippen LogP contribution in [0.2, 0.25) is 0 Å². The van der Waals surface area contributed by atoms with Gasteiger partial charge in [0, 0.05) is 24.2 Å². The van der Waals surface area contributed by atoms with Crippen molar-refractivity contribution in [1.82, 2.24) is 15.5 Å². The molecule has 1 aromatic carbocycles. The second-order valence-corrected chi connectivity index (χ2v) is 6.92. The van der Waals surface area contributed by atoms with Gasteiger partial charge in [-0.2, -0.15) is 5.10 Å². The van der Waals surface area contributed by atoms with E-state index in [1.807, 2.05) is 31.3 Å². The number of ether oxygens (including phenoxy) is 1. The van der Waals surface area contributed by atoms with Gasteiger partial charge in [-0.15, -0.1) is 0 Å². The SMILES string of the molecule is Cc1ccc(-c2[nH]ncc2CNCc2ccccc2OC2CCCC2)o1. The average molecular weight is 351 g/mol. The fraction of sp³-hybridized carbons (Fsp3) is 0.381.